The molecule has 0 radical (unpaired) electrons. The van der Waals surface area contributed by atoms with Crippen LogP contribution in [0.15, 0.2) is 30.5 Å². The maximum Gasteiger partial charge on any atom is 0.254 e. The van der Waals surface area contributed by atoms with Crippen molar-refractivity contribution in [3.63, 3.8) is 0 Å². The van der Waals surface area contributed by atoms with Gasteiger partial charge in [0.2, 0.25) is 0 Å². The highest BCUT2D eigenvalue weighted by molar-refractivity contribution is 6.06. The molecule has 8 nitrogen and oxygen atoms in total. The highest BCUT2D eigenvalue weighted by Gasteiger charge is 2.49. The second-order valence-electron chi connectivity index (χ2n) is 11.8. The molecule has 4 aliphatic rings. The third-order valence-electron chi connectivity index (χ3n) is 8.92. The average Bonchev–Trinajstić information content (AvgIpc) is 3.20. The Morgan fingerprint density at radius 2 is 2.00 bits per heavy atom. The molecule has 2 N–H and O–H groups in total. The summed E-state index contributed by atoms with van der Waals surface area (Å²) in [5, 5.41) is 11.3. The van der Waals surface area contributed by atoms with Gasteiger partial charge in [-0.25, -0.2) is 4.98 Å². The minimum absolute atomic E-state index is 0.0292. The normalized spacial score (nSPS) is 19.6. The van der Waals surface area contributed by atoms with Gasteiger partial charge in [-0.2, -0.15) is 5.10 Å². The minimum atomic E-state index is -0.0292. The molecule has 3 aliphatic heterocycles. The highest BCUT2D eigenvalue weighted by Crippen LogP contribution is 2.54. The number of pyridine rings is 1. The number of amides is 1. The summed E-state index contributed by atoms with van der Waals surface area (Å²) >= 11 is 0. The van der Waals surface area contributed by atoms with E-state index in [9.17, 15) is 4.79 Å². The molecule has 1 saturated carbocycles. The van der Waals surface area contributed by atoms with Gasteiger partial charge in [0.1, 0.15) is 5.82 Å². The molecule has 2 aromatic heterocycles. The fourth-order valence-electron chi connectivity index (χ4n) is 6.53. The van der Waals surface area contributed by atoms with Crippen molar-refractivity contribution in [1.29, 1.82) is 0 Å². The molecule has 1 aliphatic carbocycles. The highest BCUT2D eigenvalue weighted by atomic mass is 16.5. The van der Waals surface area contributed by atoms with Crippen molar-refractivity contribution < 1.29 is 9.53 Å². The smallest absolute Gasteiger partial charge is 0.254 e. The van der Waals surface area contributed by atoms with Crippen molar-refractivity contribution in [3.05, 3.63) is 58.5 Å². The van der Waals surface area contributed by atoms with Crippen LogP contribution >= 0.6 is 0 Å². The Balaban J connectivity index is 1.21. The summed E-state index contributed by atoms with van der Waals surface area (Å²) in [4.78, 5) is 20.3. The first-order valence-electron chi connectivity index (χ1n) is 14.0. The Hall–Kier alpha value is -3.23. The number of benzene rings is 1. The molecular weight excluding hydrogens is 476 g/mol. The molecule has 38 heavy (non-hydrogen) atoms. The van der Waals surface area contributed by atoms with Gasteiger partial charge in [0.05, 0.1) is 17.4 Å². The van der Waals surface area contributed by atoms with Crippen molar-refractivity contribution in [2.24, 2.45) is 5.41 Å². The molecule has 1 spiro atoms. The molecule has 3 aromatic rings. The largest absolute Gasteiger partial charge is 0.381 e. The van der Waals surface area contributed by atoms with Crippen LogP contribution in [0.2, 0.25) is 0 Å². The number of ether oxygens (including phenoxy) is 1. The maximum atomic E-state index is 13.0. The summed E-state index contributed by atoms with van der Waals surface area (Å²) in [6.07, 6.45) is 8.65. The summed E-state index contributed by atoms with van der Waals surface area (Å²) in [6, 6.07) is 8.49. The lowest BCUT2D eigenvalue weighted by Crippen LogP contribution is -2.20. The molecule has 1 amide bonds. The number of carbonyl (C=O) groups is 1. The number of nitrogens with zero attached hydrogens (tertiary/aromatic N) is 4. The lowest BCUT2D eigenvalue weighted by molar-refractivity contribution is 0.0850. The first-order valence-corrected chi connectivity index (χ1v) is 14.0. The molecule has 1 aromatic carbocycles. The Bertz CT molecular complexity index is 1400. The monoisotopic (exact) mass is 512 g/mol. The van der Waals surface area contributed by atoms with E-state index in [1.165, 1.54) is 29.7 Å². The van der Waals surface area contributed by atoms with Gasteiger partial charge in [0.25, 0.3) is 5.91 Å². The summed E-state index contributed by atoms with van der Waals surface area (Å²) < 4.78 is 7.79. The molecule has 2 fully saturated rings. The van der Waals surface area contributed by atoms with Gasteiger partial charge in [0, 0.05) is 56.2 Å². The van der Waals surface area contributed by atoms with Crippen molar-refractivity contribution in [2.45, 2.75) is 57.5 Å². The van der Waals surface area contributed by atoms with Crippen molar-refractivity contribution >= 4 is 17.4 Å². The van der Waals surface area contributed by atoms with E-state index in [4.69, 9.17) is 14.8 Å². The van der Waals surface area contributed by atoms with Crippen LogP contribution in [-0.4, -0.2) is 59.4 Å². The van der Waals surface area contributed by atoms with Crippen LogP contribution in [0.25, 0.3) is 11.1 Å². The molecule has 1 saturated heterocycles. The first-order chi connectivity index (χ1) is 18.5. The molecule has 5 heterocycles. The van der Waals surface area contributed by atoms with Crippen molar-refractivity contribution in [1.82, 2.24) is 25.0 Å². The van der Waals surface area contributed by atoms with Crippen LogP contribution in [0, 0.1) is 5.41 Å². The van der Waals surface area contributed by atoms with Crippen molar-refractivity contribution in [3.8, 4) is 11.1 Å². The number of aromatic nitrogens is 3. The second-order valence-corrected chi connectivity index (χ2v) is 11.8. The minimum Gasteiger partial charge on any atom is -0.381 e. The van der Waals surface area contributed by atoms with E-state index in [2.05, 4.69) is 52.5 Å². The molecular formula is C30H36N6O2. The standard InChI is InChI=1S/C30H36N6O2/c1-35(2)12-7-24-20(19-8-13-38-14-9-19)4-6-27(33-24)34-25-5-3-21(23-16-31-29(37)28(23)25)22-17-32-36-18-30(10-11-30)15-26(22)36/h3-6,17,19H,7-16,18H2,1-2H3,(H,31,37)(H,33,34). The Morgan fingerprint density at radius 1 is 1.16 bits per heavy atom. The van der Waals surface area contributed by atoms with E-state index in [0.717, 1.165) is 85.9 Å². The van der Waals surface area contributed by atoms with E-state index in [0.29, 0.717) is 17.9 Å². The third-order valence-corrected chi connectivity index (χ3v) is 8.92. The quantitative estimate of drug-likeness (QED) is 0.492. The number of anilines is 2. The lowest BCUT2D eigenvalue weighted by Gasteiger charge is -2.25. The molecule has 0 bridgehead atoms. The Labute approximate surface area is 223 Å². The van der Waals surface area contributed by atoms with Gasteiger partial charge in [0.15, 0.2) is 0 Å². The number of carbonyl (C=O) groups excluding carboxylic acids is 1. The summed E-state index contributed by atoms with van der Waals surface area (Å²) in [5.41, 5.74) is 9.14. The number of hydrogen-bond donors (Lipinski definition) is 2. The van der Waals surface area contributed by atoms with Gasteiger partial charge >= 0.3 is 0 Å². The van der Waals surface area contributed by atoms with Crippen molar-refractivity contribution in [2.75, 3.05) is 39.2 Å². The summed E-state index contributed by atoms with van der Waals surface area (Å²) in [6.45, 7) is 4.14. The molecule has 7 rings (SSSR count). The lowest BCUT2D eigenvalue weighted by atomic mass is 9.89. The van der Waals surface area contributed by atoms with E-state index in [1.807, 2.05) is 12.3 Å². The topological polar surface area (TPSA) is 84.3 Å². The number of nitrogens with one attached hydrogen (secondary N) is 2. The van der Waals surface area contributed by atoms with E-state index >= 15 is 0 Å². The van der Waals surface area contributed by atoms with E-state index in [1.54, 1.807) is 0 Å². The van der Waals surface area contributed by atoms with Crippen LogP contribution < -0.4 is 10.6 Å². The molecule has 8 heteroatoms. The summed E-state index contributed by atoms with van der Waals surface area (Å²) in [7, 11) is 4.20. The molecule has 198 valence electrons. The predicted octanol–water partition coefficient (Wildman–Crippen LogP) is 4.27. The zero-order valence-corrected chi connectivity index (χ0v) is 22.3. The average molecular weight is 513 g/mol. The van der Waals surface area contributed by atoms with Gasteiger partial charge in [-0.05, 0) is 86.4 Å². The SMILES string of the molecule is CN(C)CCc1nc(Nc2ccc(-c3cnn4c3CC3(CC3)C4)c3c2C(=O)NC3)ccc1C1CCOCC1. The van der Waals surface area contributed by atoms with Crippen LogP contribution in [0.1, 0.15) is 64.5 Å². The van der Waals surface area contributed by atoms with Gasteiger partial charge < -0.3 is 20.3 Å². The first kappa shape index (κ1) is 23.9. The third kappa shape index (κ3) is 4.20. The maximum absolute atomic E-state index is 13.0. The van der Waals surface area contributed by atoms with Crippen LogP contribution in [-0.2, 0) is 30.7 Å². The predicted molar refractivity (Wildman–Crippen MR) is 147 cm³/mol. The van der Waals surface area contributed by atoms with Crippen LogP contribution in [0.5, 0.6) is 0 Å². The molecule has 0 unspecified atom stereocenters. The van der Waals surface area contributed by atoms with Gasteiger partial charge in [-0.3, -0.25) is 9.48 Å². The number of hydrogen-bond acceptors (Lipinski definition) is 6. The Morgan fingerprint density at radius 3 is 2.79 bits per heavy atom. The fraction of sp³-hybridized carbons (Fsp3) is 0.500. The van der Waals surface area contributed by atoms with Gasteiger partial charge in [-0.1, -0.05) is 12.1 Å². The van der Waals surface area contributed by atoms with E-state index < -0.39 is 0 Å². The fourth-order valence-corrected chi connectivity index (χ4v) is 6.53. The number of likely N-dealkylation sites (N-methyl/N-ethyl adjacent to an activating group) is 1. The van der Waals surface area contributed by atoms with E-state index in [-0.39, 0.29) is 5.91 Å². The molecule has 0 atom stereocenters. The van der Waals surface area contributed by atoms with Gasteiger partial charge in [-0.15, -0.1) is 0 Å². The Kier molecular flexibility index (Phi) is 5.78. The summed E-state index contributed by atoms with van der Waals surface area (Å²) in [5.74, 6) is 1.24. The van der Waals surface area contributed by atoms with Crippen LogP contribution in [0.4, 0.5) is 11.5 Å². The zero-order valence-electron chi connectivity index (χ0n) is 22.3. The zero-order chi connectivity index (χ0) is 25.9. The number of rotatable bonds is 7. The number of fused-ring (bicyclic) bond motifs is 2. The second kappa shape index (κ2) is 9.20. The van der Waals surface area contributed by atoms with Crippen LogP contribution in [0.3, 0.4) is 0 Å².